The summed E-state index contributed by atoms with van der Waals surface area (Å²) >= 11 is 0. The summed E-state index contributed by atoms with van der Waals surface area (Å²) in [7, 11) is 1.62. The number of methoxy groups -OCH3 is 1. The zero-order valence-corrected chi connectivity index (χ0v) is 18.7. The van der Waals surface area contributed by atoms with Gasteiger partial charge < -0.3 is 19.8 Å². The standard InChI is InChI=1S/C22H26FN5O3.ClH/c1-30-10-2-6-25-22(29)17-5-7-24-21-19(17)26-20(27-21)15-3-4-16(18(23)13-15)14-28-8-11-31-12-9-28;/h3-5,7,13H,2,6,8-12,14H2,1H3,(H,25,29)(H,24,26,27);1H. The van der Waals surface area contributed by atoms with Gasteiger partial charge >= 0.3 is 0 Å². The molecule has 172 valence electrons. The van der Waals surface area contributed by atoms with E-state index >= 15 is 0 Å². The molecule has 0 saturated carbocycles. The number of aromatic amines is 1. The van der Waals surface area contributed by atoms with Gasteiger partial charge in [-0.2, -0.15) is 0 Å². The molecule has 1 fully saturated rings. The van der Waals surface area contributed by atoms with Crippen LogP contribution in [-0.4, -0.2) is 72.3 Å². The monoisotopic (exact) mass is 463 g/mol. The van der Waals surface area contributed by atoms with E-state index in [1.807, 2.05) is 6.07 Å². The van der Waals surface area contributed by atoms with Crippen LogP contribution in [0.15, 0.2) is 30.5 Å². The second-order valence-corrected chi connectivity index (χ2v) is 7.44. The minimum Gasteiger partial charge on any atom is -0.385 e. The molecule has 0 atom stereocenters. The number of amides is 1. The smallest absolute Gasteiger partial charge is 0.253 e. The van der Waals surface area contributed by atoms with Gasteiger partial charge in [0.25, 0.3) is 5.91 Å². The Balaban J connectivity index is 0.00000289. The van der Waals surface area contributed by atoms with E-state index < -0.39 is 0 Å². The molecule has 3 aromatic rings. The number of carbonyl (C=O) groups is 1. The predicted molar refractivity (Wildman–Crippen MR) is 121 cm³/mol. The number of fused-ring (bicyclic) bond motifs is 1. The molecule has 3 heterocycles. The molecule has 1 amide bonds. The number of rotatable bonds is 8. The maximum atomic E-state index is 14.8. The van der Waals surface area contributed by atoms with Gasteiger partial charge in [-0.1, -0.05) is 12.1 Å². The summed E-state index contributed by atoms with van der Waals surface area (Å²) in [5.41, 5.74) is 2.61. The number of halogens is 2. The Bertz CT molecular complexity index is 1060. The Labute approximate surface area is 191 Å². The fraction of sp³-hybridized carbons (Fsp3) is 0.409. The molecule has 0 unspecified atom stereocenters. The second kappa shape index (κ2) is 11.3. The molecule has 1 aliphatic heterocycles. The summed E-state index contributed by atoms with van der Waals surface area (Å²) in [6.45, 7) is 4.57. The van der Waals surface area contributed by atoms with Crippen molar-refractivity contribution in [3.8, 4) is 11.4 Å². The van der Waals surface area contributed by atoms with Crippen LogP contribution in [0.3, 0.4) is 0 Å². The zero-order chi connectivity index (χ0) is 21.6. The summed E-state index contributed by atoms with van der Waals surface area (Å²) in [5.74, 6) is -0.0407. The molecule has 8 nitrogen and oxygen atoms in total. The molecule has 4 rings (SSSR count). The van der Waals surface area contributed by atoms with Gasteiger partial charge in [-0.15, -0.1) is 12.4 Å². The van der Waals surface area contributed by atoms with Crippen molar-refractivity contribution in [1.82, 2.24) is 25.2 Å². The van der Waals surface area contributed by atoms with E-state index in [0.717, 1.165) is 19.5 Å². The fourth-order valence-electron chi connectivity index (χ4n) is 3.57. The Morgan fingerprint density at radius 1 is 1.31 bits per heavy atom. The van der Waals surface area contributed by atoms with E-state index in [-0.39, 0.29) is 24.1 Å². The first kappa shape index (κ1) is 24.1. The highest BCUT2D eigenvalue weighted by Crippen LogP contribution is 2.24. The number of benzene rings is 1. The van der Waals surface area contributed by atoms with E-state index in [4.69, 9.17) is 9.47 Å². The Kier molecular flexibility index (Phi) is 8.52. The lowest BCUT2D eigenvalue weighted by molar-refractivity contribution is 0.0337. The van der Waals surface area contributed by atoms with Gasteiger partial charge in [-0.25, -0.2) is 14.4 Å². The van der Waals surface area contributed by atoms with Crippen LogP contribution in [0.4, 0.5) is 4.39 Å². The molecule has 1 aliphatic rings. The van der Waals surface area contributed by atoms with Crippen molar-refractivity contribution in [2.24, 2.45) is 0 Å². The van der Waals surface area contributed by atoms with Crippen molar-refractivity contribution in [2.45, 2.75) is 13.0 Å². The van der Waals surface area contributed by atoms with Crippen molar-refractivity contribution >= 4 is 29.5 Å². The number of ether oxygens (including phenoxy) is 2. The third-order valence-electron chi connectivity index (χ3n) is 5.26. The summed E-state index contributed by atoms with van der Waals surface area (Å²) in [6.07, 6.45) is 2.28. The van der Waals surface area contributed by atoms with Gasteiger partial charge in [-0.3, -0.25) is 9.69 Å². The maximum absolute atomic E-state index is 14.8. The van der Waals surface area contributed by atoms with Crippen LogP contribution in [0.25, 0.3) is 22.6 Å². The molecule has 2 aromatic heterocycles. The average molecular weight is 464 g/mol. The average Bonchev–Trinajstić information content (AvgIpc) is 3.23. The number of pyridine rings is 1. The molecule has 1 aromatic carbocycles. The lowest BCUT2D eigenvalue weighted by Crippen LogP contribution is -2.35. The Hall–Kier alpha value is -2.59. The van der Waals surface area contributed by atoms with Crippen molar-refractivity contribution < 1.29 is 18.7 Å². The minimum atomic E-state index is -0.284. The SMILES string of the molecule is COCCCNC(=O)c1ccnc2[nH]c(-c3ccc(CN4CCOCC4)c(F)c3)nc12.Cl. The number of nitrogens with one attached hydrogen (secondary N) is 2. The van der Waals surface area contributed by atoms with Crippen LogP contribution in [0.1, 0.15) is 22.3 Å². The Morgan fingerprint density at radius 3 is 2.88 bits per heavy atom. The van der Waals surface area contributed by atoms with Crippen LogP contribution in [-0.2, 0) is 16.0 Å². The molecule has 32 heavy (non-hydrogen) atoms. The predicted octanol–water partition coefficient (Wildman–Crippen LogP) is 2.78. The van der Waals surface area contributed by atoms with Crippen LogP contribution in [0.5, 0.6) is 0 Å². The molecule has 0 spiro atoms. The van der Waals surface area contributed by atoms with Gasteiger partial charge in [0.1, 0.15) is 17.2 Å². The number of morpholine rings is 1. The molecule has 1 saturated heterocycles. The molecular formula is C22H27ClFN5O3. The number of imidazole rings is 1. The number of hydrogen-bond acceptors (Lipinski definition) is 6. The largest absolute Gasteiger partial charge is 0.385 e. The maximum Gasteiger partial charge on any atom is 0.253 e. The quantitative estimate of drug-likeness (QED) is 0.499. The Morgan fingerprint density at radius 2 is 2.12 bits per heavy atom. The normalized spacial score (nSPS) is 14.3. The van der Waals surface area contributed by atoms with Crippen LogP contribution in [0.2, 0.25) is 0 Å². The fourth-order valence-corrected chi connectivity index (χ4v) is 3.57. The number of carbonyl (C=O) groups excluding carboxylic acids is 1. The van der Waals surface area contributed by atoms with Crippen molar-refractivity contribution in [1.29, 1.82) is 0 Å². The first-order valence-electron chi connectivity index (χ1n) is 10.4. The molecule has 2 N–H and O–H groups in total. The van der Waals surface area contributed by atoms with Gasteiger partial charge in [0, 0.05) is 57.2 Å². The van der Waals surface area contributed by atoms with E-state index in [1.165, 1.54) is 6.07 Å². The van der Waals surface area contributed by atoms with Gasteiger partial charge in [-0.05, 0) is 18.6 Å². The van der Waals surface area contributed by atoms with E-state index in [9.17, 15) is 9.18 Å². The van der Waals surface area contributed by atoms with Gasteiger partial charge in [0.2, 0.25) is 0 Å². The third-order valence-corrected chi connectivity index (χ3v) is 5.26. The summed E-state index contributed by atoms with van der Waals surface area (Å²) in [5, 5.41) is 2.86. The third kappa shape index (κ3) is 5.60. The molecule has 0 bridgehead atoms. The molecule has 0 radical (unpaired) electrons. The lowest BCUT2D eigenvalue weighted by atomic mass is 10.1. The number of aromatic nitrogens is 3. The highest BCUT2D eigenvalue weighted by molar-refractivity contribution is 6.04. The first-order chi connectivity index (χ1) is 15.2. The highest BCUT2D eigenvalue weighted by atomic mass is 35.5. The number of hydrogen-bond donors (Lipinski definition) is 2. The second-order valence-electron chi connectivity index (χ2n) is 7.44. The summed E-state index contributed by atoms with van der Waals surface area (Å²) in [4.78, 5) is 26.6. The van der Waals surface area contributed by atoms with Crippen LogP contribution >= 0.6 is 12.4 Å². The van der Waals surface area contributed by atoms with Crippen molar-refractivity contribution in [2.75, 3.05) is 46.6 Å². The number of H-pyrrole nitrogens is 1. The van der Waals surface area contributed by atoms with E-state index in [1.54, 1.807) is 25.4 Å². The summed E-state index contributed by atoms with van der Waals surface area (Å²) < 4.78 is 25.1. The molecular weight excluding hydrogens is 437 g/mol. The topological polar surface area (TPSA) is 92.4 Å². The van der Waals surface area contributed by atoms with Crippen molar-refractivity contribution in [3.63, 3.8) is 0 Å². The zero-order valence-electron chi connectivity index (χ0n) is 17.9. The van der Waals surface area contributed by atoms with Gasteiger partial charge in [0.15, 0.2) is 5.65 Å². The first-order valence-corrected chi connectivity index (χ1v) is 10.4. The van der Waals surface area contributed by atoms with Crippen molar-refractivity contribution in [3.05, 3.63) is 47.4 Å². The van der Waals surface area contributed by atoms with E-state index in [0.29, 0.717) is 66.6 Å². The molecule has 0 aliphatic carbocycles. The van der Waals surface area contributed by atoms with Gasteiger partial charge in [0.05, 0.1) is 18.8 Å². The van der Waals surface area contributed by atoms with Crippen LogP contribution in [0, 0.1) is 5.82 Å². The van der Waals surface area contributed by atoms with Crippen LogP contribution < -0.4 is 5.32 Å². The number of nitrogens with zero attached hydrogens (tertiary/aromatic N) is 3. The van der Waals surface area contributed by atoms with E-state index in [2.05, 4.69) is 25.2 Å². The minimum absolute atomic E-state index is 0. The summed E-state index contributed by atoms with van der Waals surface area (Å²) in [6, 6.07) is 6.72. The highest BCUT2D eigenvalue weighted by Gasteiger charge is 2.17. The molecule has 10 heteroatoms. The lowest BCUT2D eigenvalue weighted by Gasteiger charge is -2.26.